The number of hydrogen-bond acceptors (Lipinski definition) is 4. The third kappa shape index (κ3) is 5.44. The molecule has 1 rings (SSSR count). The first-order valence-corrected chi connectivity index (χ1v) is 6.69. The zero-order valence-corrected chi connectivity index (χ0v) is 11.6. The van der Waals surface area contributed by atoms with Gasteiger partial charge in [0.1, 0.15) is 0 Å². The van der Waals surface area contributed by atoms with Gasteiger partial charge in [-0.25, -0.2) is 0 Å². The van der Waals surface area contributed by atoms with Gasteiger partial charge in [0.15, 0.2) is 0 Å². The summed E-state index contributed by atoms with van der Waals surface area (Å²) < 4.78 is 9.99. The standard InChI is InChI=1S/C13H19NO3S/c1-16-8-6-14(7-9-17-2)13(15)4-3-12-5-10-18-11-12/h3-5,10-11H,6-9H2,1-2H3/b4-3+. The van der Waals surface area contributed by atoms with Gasteiger partial charge in [0.25, 0.3) is 0 Å². The van der Waals surface area contributed by atoms with Gasteiger partial charge in [-0.2, -0.15) is 11.3 Å². The fourth-order valence-corrected chi connectivity index (χ4v) is 2.01. The fourth-order valence-electron chi connectivity index (χ4n) is 1.38. The molecule has 18 heavy (non-hydrogen) atoms. The summed E-state index contributed by atoms with van der Waals surface area (Å²) in [6.45, 7) is 2.21. The smallest absolute Gasteiger partial charge is 0.246 e. The highest BCUT2D eigenvalue weighted by Gasteiger charge is 2.09. The molecule has 100 valence electrons. The van der Waals surface area contributed by atoms with Gasteiger partial charge >= 0.3 is 0 Å². The average Bonchev–Trinajstić information content (AvgIpc) is 2.89. The summed E-state index contributed by atoms with van der Waals surface area (Å²) >= 11 is 1.61. The molecule has 0 saturated heterocycles. The van der Waals surface area contributed by atoms with E-state index in [1.54, 1.807) is 36.5 Å². The van der Waals surface area contributed by atoms with Crippen molar-refractivity contribution in [1.29, 1.82) is 0 Å². The van der Waals surface area contributed by atoms with Crippen LogP contribution < -0.4 is 0 Å². The summed E-state index contributed by atoms with van der Waals surface area (Å²) in [5, 5.41) is 3.98. The van der Waals surface area contributed by atoms with Crippen LogP contribution in [-0.2, 0) is 14.3 Å². The molecule has 0 spiro atoms. The summed E-state index contributed by atoms with van der Waals surface area (Å²) in [6.07, 6.45) is 3.42. The molecule has 0 unspecified atom stereocenters. The molecule has 0 fully saturated rings. The highest BCUT2D eigenvalue weighted by molar-refractivity contribution is 7.08. The predicted octanol–water partition coefficient (Wildman–Crippen LogP) is 1.88. The first-order chi connectivity index (χ1) is 8.77. The van der Waals surface area contributed by atoms with Gasteiger partial charge in [0, 0.05) is 33.4 Å². The van der Waals surface area contributed by atoms with E-state index in [0.717, 1.165) is 5.56 Å². The number of carbonyl (C=O) groups is 1. The van der Waals surface area contributed by atoms with E-state index >= 15 is 0 Å². The quantitative estimate of drug-likeness (QED) is 0.676. The molecule has 0 aliphatic rings. The molecule has 1 aromatic rings. The van der Waals surface area contributed by atoms with Gasteiger partial charge in [0.2, 0.25) is 5.91 Å². The molecule has 1 amide bonds. The molecule has 0 radical (unpaired) electrons. The van der Waals surface area contributed by atoms with Crippen LogP contribution in [0.4, 0.5) is 0 Å². The molecule has 1 heterocycles. The maximum Gasteiger partial charge on any atom is 0.246 e. The summed E-state index contributed by atoms with van der Waals surface area (Å²) in [6, 6.07) is 1.98. The summed E-state index contributed by atoms with van der Waals surface area (Å²) in [7, 11) is 3.25. The summed E-state index contributed by atoms with van der Waals surface area (Å²) in [5.74, 6) is -0.0182. The van der Waals surface area contributed by atoms with E-state index < -0.39 is 0 Å². The van der Waals surface area contributed by atoms with E-state index in [-0.39, 0.29) is 5.91 Å². The van der Waals surface area contributed by atoms with Gasteiger partial charge in [0.05, 0.1) is 13.2 Å². The van der Waals surface area contributed by atoms with Crippen molar-refractivity contribution in [3.8, 4) is 0 Å². The number of carbonyl (C=O) groups excluding carboxylic acids is 1. The minimum atomic E-state index is -0.0182. The van der Waals surface area contributed by atoms with Crippen molar-refractivity contribution in [3.63, 3.8) is 0 Å². The molecule has 1 aromatic heterocycles. The van der Waals surface area contributed by atoms with Gasteiger partial charge < -0.3 is 14.4 Å². The van der Waals surface area contributed by atoms with Crippen LogP contribution in [-0.4, -0.2) is 51.3 Å². The number of methoxy groups -OCH3 is 2. The zero-order chi connectivity index (χ0) is 13.2. The molecule has 0 aliphatic heterocycles. The van der Waals surface area contributed by atoms with Crippen LogP contribution in [0.15, 0.2) is 22.9 Å². The van der Waals surface area contributed by atoms with Crippen LogP contribution in [0, 0.1) is 0 Å². The Morgan fingerprint density at radius 1 is 1.33 bits per heavy atom. The van der Waals surface area contributed by atoms with Gasteiger partial charge in [-0.3, -0.25) is 4.79 Å². The van der Waals surface area contributed by atoms with Crippen LogP contribution >= 0.6 is 11.3 Å². The van der Waals surface area contributed by atoms with Crippen molar-refractivity contribution in [2.75, 3.05) is 40.5 Å². The van der Waals surface area contributed by atoms with Crippen LogP contribution in [0.2, 0.25) is 0 Å². The number of nitrogens with zero attached hydrogens (tertiary/aromatic N) is 1. The lowest BCUT2D eigenvalue weighted by Crippen LogP contribution is -2.35. The van der Waals surface area contributed by atoms with Crippen molar-refractivity contribution >= 4 is 23.3 Å². The minimum Gasteiger partial charge on any atom is -0.383 e. The van der Waals surface area contributed by atoms with Crippen LogP contribution in [0.5, 0.6) is 0 Å². The Bertz CT molecular complexity index is 354. The first kappa shape index (κ1) is 14.9. The van der Waals surface area contributed by atoms with E-state index in [1.807, 2.05) is 22.9 Å². The number of thiophene rings is 1. The summed E-state index contributed by atoms with van der Waals surface area (Å²) in [4.78, 5) is 13.7. The second-order valence-corrected chi connectivity index (χ2v) is 4.48. The largest absolute Gasteiger partial charge is 0.383 e. The number of hydrogen-bond donors (Lipinski definition) is 0. The van der Waals surface area contributed by atoms with Gasteiger partial charge in [-0.05, 0) is 28.5 Å². The molecule has 0 atom stereocenters. The SMILES string of the molecule is COCCN(CCOC)C(=O)/C=C/c1ccsc1. The second-order valence-electron chi connectivity index (χ2n) is 3.70. The van der Waals surface area contributed by atoms with Crippen molar-refractivity contribution in [2.45, 2.75) is 0 Å². The number of amides is 1. The van der Waals surface area contributed by atoms with Crippen LogP contribution in [0.3, 0.4) is 0 Å². The highest BCUT2D eigenvalue weighted by atomic mass is 32.1. The molecule has 0 N–H and O–H groups in total. The molecular formula is C13H19NO3S. The zero-order valence-electron chi connectivity index (χ0n) is 10.8. The van der Waals surface area contributed by atoms with Crippen LogP contribution in [0.25, 0.3) is 6.08 Å². The number of ether oxygens (including phenoxy) is 2. The monoisotopic (exact) mass is 269 g/mol. The Kier molecular flexibility index (Phi) is 7.32. The molecule has 4 nitrogen and oxygen atoms in total. The molecule has 0 aliphatic carbocycles. The first-order valence-electron chi connectivity index (χ1n) is 5.75. The molecule has 5 heteroatoms. The number of rotatable bonds is 8. The lowest BCUT2D eigenvalue weighted by atomic mass is 10.3. The lowest BCUT2D eigenvalue weighted by Gasteiger charge is -2.20. The Labute approximate surface area is 112 Å². The van der Waals surface area contributed by atoms with E-state index in [4.69, 9.17) is 9.47 Å². The second kappa shape index (κ2) is 8.85. The van der Waals surface area contributed by atoms with Crippen molar-refractivity contribution in [1.82, 2.24) is 4.90 Å². The molecule has 0 bridgehead atoms. The van der Waals surface area contributed by atoms with Crippen molar-refractivity contribution in [2.24, 2.45) is 0 Å². The highest BCUT2D eigenvalue weighted by Crippen LogP contribution is 2.08. The maximum atomic E-state index is 12.0. The van der Waals surface area contributed by atoms with Crippen LogP contribution in [0.1, 0.15) is 5.56 Å². The topological polar surface area (TPSA) is 38.8 Å². The molecule has 0 saturated carbocycles. The Hall–Kier alpha value is -1.17. The summed E-state index contributed by atoms with van der Waals surface area (Å²) in [5.41, 5.74) is 1.05. The molecular weight excluding hydrogens is 250 g/mol. The minimum absolute atomic E-state index is 0.0182. The maximum absolute atomic E-state index is 12.0. The average molecular weight is 269 g/mol. The van der Waals surface area contributed by atoms with Crippen molar-refractivity contribution in [3.05, 3.63) is 28.5 Å². The predicted molar refractivity (Wildman–Crippen MR) is 73.7 cm³/mol. The molecule has 0 aromatic carbocycles. The third-order valence-corrected chi connectivity index (χ3v) is 3.11. The lowest BCUT2D eigenvalue weighted by molar-refractivity contribution is -0.127. The Morgan fingerprint density at radius 3 is 2.50 bits per heavy atom. The van der Waals surface area contributed by atoms with E-state index in [1.165, 1.54) is 0 Å². The van der Waals surface area contributed by atoms with Crippen molar-refractivity contribution < 1.29 is 14.3 Å². The normalized spacial score (nSPS) is 11.0. The Balaban J connectivity index is 2.51. The Morgan fingerprint density at radius 2 is 2.00 bits per heavy atom. The van der Waals surface area contributed by atoms with Gasteiger partial charge in [-0.15, -0.1) is 0 Å². The fraction of sp³-hybridized carbons (Fsp3) is 0.462. The van der Waals surface area contributed by atoms with E-state index in [2.05, 4.69) is 0 Å². The van der Waals surface area contributed by atoms with Gasteiger partial charge in [-0.1, -0.05) is 0 Å². The van der Waals surface area contributed by atoms with E-state index in [0.29, 0.717) is 26.3 Å². The van der Waals surface area contributed by atoms with E-state index in [9.17, 15) is 4.79 Å². The third-order valence-electron chi connectivity index (χ3n) is 2.40.